The van der Waals surface area contributed by atoms with Crippen molar-refractivity contribution < 1.29 is 0 Å². The highest BCUT2D eigenvalue weighted by molar-refractivity contribution is 5.36. The topological polar surface area (TPSA) is 12.0 Å². The third-order valence-electron chi connectivity index (χ3n) is 5.57. The van der Waals surface area contributed by atoms with Gasteiger partial charge in [0.1, 0.15) is 0 Å². The molecule has 2 atom stereocenters. The Morgan fingerprint density at radius 1 is 1.16 bits per heavy atom. The van der Waals surface area contributed by atoms with Gasteiger partial charge in [-0.05, 0) is 62.1 Å². The monoisotopic (exact) mass is 257 g/mol. The van der Waals surface area contributed by atoms with Crippen LogP contribution in [0.4, 0.5) is 0 Å². The summed E-state index contributed by atoms with van der Waals surface area (Å²) in [5.41, 5.74) is 4.83. The van der Waals surface area contributed by atoms with E-state index in [2.05, 4.69) is 44.3 Å². The summed E-state index contributed by atoms with van der Waals surface area (Å²) in [5.74, 6) is 0.806. The van der Waals surface area contributed by atoms with Crippen LogP contribution in [-0.4, -0.2) is 12.6 Å². The minimum atomic E-state index is 0.390. The first-order valence-corrected chi connectivity index (χ1v) is 7.93. The molecular formula is C18H27N. The van der Waals surface area contributed by atoms with Crippen molar-refractivity contribution in [2.75, 3.05) is 6.54 Å². The number of aryl methyl sites for hydroxylation is 2. The van der Waals surface area contributed by atoms with Crippen LogP contribution in [0, 0.1) is 19.8 Å². The summed E-state index contributed by atoms with van der Waals surface area (Å²) in [4.78, 5) is 0. The molecule has 2 aliphatic carbocycles. The number of nitrogens with one attached hydrogen (secondary N) is 1. The number of benzene rings is 1. The zero-order chi connectivity index (χ0) is 13.5. The zero-order valence-electron chi connectivity index (χ0n) is 12.6. The van der Waals surface area contributed by atoms with Gasteiger partial charge >= 0.3 is 0 Å². The maximum Gasteiger partial charge on any atom is 0.0103 e. The predicted molar refractivity (Wildman–Crippen MR) is 81.6 cm³/mol. The Hall–Kier alpha value is -0.820. The largest absolute Gasteiger partial charge is 0.313 e. The highest BCUT2D eigenvalue weighted by Gasteiger charge is 2.42. The van der Waals surface area contributed by atoms with Crippen LogP contribution in [0.15, 0.2) is 18.2 Å². The first kappa shape index (κ1) is 13.2. The molecule has 2 aliphatic rings. The molecule has 1 nitrogen and oxygen atoms in total. The van der Waals surface area contributed by atoms with E-state index in [4.69, 9.17) is 0 Å². The number of hydrogen-bond acceptors (Lipinski definition) is 1. The third-order valence-corrected chi connectivity index (χ3v) is 5.57. The van der Waals surface area contributed by atoms with Crippen molar-refractivity contribution in [1.82, 2.24) is 5.32 Å². The number of rotatable bonds is 4. The Labute approximate surface area is 117 Å². The van der Waals surface area contributed by atoms with Crippen LogP contribution in [0.25, 0.3) is 0 Å². The summed E-state index contributed by atoms with van der Waals surface area (Å²) < 4.78 is 0. The molecule has 0 spiro atoms. The van der Waals surface area contributed by atoms with Crippen molar-refractivity contribution in [2.24, 2.45) is 5.92 Å². The smallest absolute Gasteiger partial charge is 0.0103 e. The van der Waals surface area contributed by atoms with Crippen molar-refractivity contribution in [3.05, 3.63) is 34.9 Å². The Morgan fingerprint density at radius 3 is 2.53 bits per heavy atom. The van der Waals surface area contributed by atoms with Gasteiger partial charge in [0.05, 0.1) is 0 Å². The minimum absolute atomic E-state index is 0.390. The molecule has 104 valence electrons. The quantitative estimate of drug-likeness (QED) is 0.856. The predicted octanol–water partition coefficient (Wildman–Crippen LogP) is 4.11. The molecule has 0 aromatic heterocycles. The van der Waals surface area contributed by atoms with Gasteiger partial charge in [0.25, 0.3) is 0 Å². The average molecular weight is 257 g/mol. The van der Waals surface area contributed by atoms with Gasteiger partial charge in [-0.2, -0.15) is 0 Å². The lowest BCUT2D eigenvalue weighted by molar-refractivity contribution is 0.316. The number of hydrogen-bond donors (Lipinski definition) is 1. The molecule has 0 bridgehead atoms. The second kappa shape index (κ2) is 4.94. The van der Waals surface area contributed by atoms with Gasteiger partial charge in [-0.15, -0.1) is 0 Å². The maximum absolute atomic E-state index is 3.80. The lowest BCUT2D eigenvalue weighted by Gasteiger charge is -2.35. The van der Waals surface area contributed by atoms with Crippen LogP contribution < -0.4 is 5.32 Å². The van der Waals surface area contributed by atoms with Crippen molar-refractivity contribution in [3.63, 3.8) is 0 Å². The lowest BCUT2D eigenvalue weighted by atomic mass is 9.72. The molecular weight excluding hydrogens is 230 g/mol. The summed E-state index contributed by atoms with van der Waals surface area (Å²) in [6.45, 7) is 8.10. The summed E-state index contributed by atoms with van der Waals surface area (Å²) in [6.07, 6.45) is 6.91. The minimum Gasteiger partial charge on any atom is -0.313 e. The Kier molecular flexibility index (Phi) is 3.42. The molecule has 0 aliphatic heterocycles. The van der Waals surface area contributed by atoms with E-state index in [1.165, 1.54) is 49.8 Å². The first-order valence-electron chi connectivity index (χ1n) is 7.93. The van der Waals surface area contributed by atoms with Crippen molar-refractivity contribution in [1.29, 1.82) is 0 Å². The molecule has 0 amide bonds. The molecule has 1 N–H and O–H groups in total. The summed E-state index contributed by atoms with van der Waals surface area (Å²) in [5, 5.41) is 3.80. The second-order valence-corrected chi connectivity index (χ2v) is 6.90. The van der Waals surface area contributed by atoms with Crippen LogP contribution in [0.2, 0.25) is 0 Å². The molecule has 2 fully saturated rings. The molecule has 2 unspecified atom stereocenters. The van der Waals surface area contributed by atoms with Gasteiger partial charge in [0, 0.05) is 18.0 Å². The SMILES string of the molecule is Cc1ccc(C2(CNC3CC3)CCCC2C)cc1C. The lowest BCUT2D eigenvalue weighted by Crippen LogP contribution is -2.41. The Bertz CT molecular complexity index is 461. The first-order chi connectivity index (χ1) is 9.12. The molecule has 1 aromatic rings. The molecule has 0 saturated heterocycles. The summed E-state index contributed by atoms with van der Waals surface area (Å²) >= 11 is 0. The van der Waals surface area contributed by atoms with Gasteiger partial charge in [-0.3, -0.25) is 0 Å². The summed E-state index contributed by atoms with van der Waals surface area (Å²) in [6, 6.07) is 7.97. The molecule has 19 heavy (non-hydrogen) atoms. The Morgan fingerprint density at radius 2 is 1.95 bits per heavy atom. The van der Waals surface area contributed by atoms with Gasteiger partial charge in [-0.1, -0.05) is 31.5 Å². The molecule has 3 rings (SSSR count). The normalized spacial score (nSPS) is 30.8. The van der Waals surface area contributed by atoms with Crippen LogP contribution in [-0.2, 0) is 5.41 Å². The van der Waals surface area contributed by atoms with E-state index < -0.39 is 0 Å². The second-order valence-electron chi connectivity index (χ2n) is 6.90. The Balaban J connectivity index is 1.90. The van der Waals surface area contributed by atoms with E-state index in [1.807, 2.05) is 0 Å². The third kappa shape index (κ3) is 2.45. The van der Waals surface area contributed by atoms with Crippen LogP contribution in [0.3, 0.4) is 0 Å². The van der Waals surface area contributed by atoms with E-state index >= 15 is 0 Å². The van der Waals surface area contributed by atoms with Crippen LogP contribution in [0.5, 0.6) is 0 Å². The van der Waals surface area contributed by atoms with Crippen LogP contribution >= 0.6 is 0 Å². The van der Waals surface area contributed by atoms with E-state index in [-0.39, 0.29) is 0 Å². The summed E-state index contributed by atoms with van der Waals surface area (Å²) in [7, 11) is 0. The molecule has 1 aromatic carbocycles. The highest BCUT2D eigenvalue weighted by atomic mass is 15.0. The van der Waals surface area contributed by atoms with E-state index in [1.54, 1.807) is 5.56 Å². The zero-order valence-corrected chi connectivity index (χ0v) is 12.6. The van der Waals surface area contributed by atoms with E-state index in [0.29, 0.717) is 5.41 Å². The van der Waals surface area contributed by atoms with Crippen LogP contribution in [0.1, 0.15) is 55.7 Å². The standard InChI is InChI=1S/C18H27N/c1-13-6-7-16(11-14(13)2)18(10-4-5-15(18)3)12-19-17-8-9-17/h6-7,11,15,17,19H,4-5,8-10,12H2,1-3H3. The maximum atomic E-state index is 3.80. The van der Waals surface area contributed by atoms with Crippen molar-refractivity contribution >= 4 is 0 Å². The van der Waals surface area contributed by atoms with Gasteiger partial charge < -0.3 is 5.32 Å². The molecule has 1 heteroatoms. The van der Waals surface area contributed by atoms with Gasteiger partial charge in [-0.25, -0.2) is 0 Å². The molecule has 0 heterocycles. The van der Waals surface area contributed by atoms with E-state index in [0.717, 1.165) is 12.0 Å². The van der Waals surface area contributed by atoms with E-state index in [9.17, 15) is 0 Å². The highest BCUT2D eigenvalue weighted by Crippen LogP contribution is 2.46. The average Bonchev–Trinajstić information content (AvgIpc) is 3.15. The fourth-order valence-corrected chi connectivity index (χ4v) is 3.70. The van der Waals surface area contributed by atoms with Gasteiger partial charge in [0.2, 0.25) is 0 Å². The fourth-order valence-electron chi connectivity index (χ4n) is 3.70. The molecule has 0 radical (unpaired) electrons. The van der Waals surface area contributed by atoms with Gasteiger partial charge in [0.15, 0.2) is 0 Å². The fraction of sp³-hybridized carbons (Fsp3) is 0.667. The van der Waals surface area contributed by atoms with Crippen molar-refractivity contribution in [3.8, 4) is 0 Å². The molecule has 2 saturated carbocycles. The van der Waals surface area contributed by atoms with Crippen molar-refractivity contribution in [2.45, 2.75) is 64.3 Å².